The van der Waals surface area contributed by atoms with Gasteiger partial charge < -0.3 is 4.74 Å². The summed E-state index contributed by atoms with van der Waals surface area (Å²) in [4.78, 5) is 19.1. The Bertz CT molecular complexity index is 1120. The van der Waals surface area contributed by atoms with Crippen LogP contribution in [0.4, 0.5) is 5.95 Å². The van der Waals surface area contributed by atoms with Crippen molar-refractivity contribution in [3.05, 3.63) is 74.5 Å². The Labute approximate surface area is 176 Å². The molecule has 3 aromatic rings. The van der Waals surface area contributed by atoms with Gasteiger partial charge in [0.15, 0.2) is 0 Å². The largest absolute Gasteiger partial charge is 0.492 e. The van der Waals surface area contributed by atoms with E-state index in [-0.39, 0.29) is 11.5 Å². The Balaban J connectivity index is 1.81. The summed E-state index contributed by atoms with van der Waals surface area (Å²) in [6, 6.07) is 16.6. The van der Waals surface area contributed by atoms with Gasteiger partial charge in [-0.1, -0.05) is 37.3 Å². The SMILES string of the molecule is CCCOc1ccc(C=NNc2nc(-c3ccccc3)c(C#N)c(=O)[nH]2)cc1Br. The van der Waals surface area contributed by atoms with Crippen LogP contribution in [0, 0.1) is 11.3 Å². The van der Waals surface area contributed by atoms with E-state index in [1.807, 2.05) is 49.4 Å². The van der Waals surface area contributed by atoms with E-state index in [2.05, 4.69) is 36.4 Å². The van der Waals surface area contributed by atoms with Crippen molar-refractivity contribution < 1.29 is 4.74 Å². The molecule has 0 saturated carbocycles. The molecule has 0 saturated heterocycles. The molecule has 29 heavy (non-hydrogen) atoms. The maximum absolute atomic E-state index is 12.2. The number of halogens is 1. The van der Waals surface area contributed by atoms with Gasteiger partial charge in [-0.25, -0.2) is 10.4 Å². The molecular weight excluding hydrogens is 434 g/mol. The van der Waals surface area contributed by atoms with Gasteiger partial charge in [0.2, 0.25) is 5.95 Å². The van der Waals surface area contributed by atoms with Crippen molar-refractivity contribution in [3.8, 4) is 23.1 Å². The molecule has 0 fully saturated rings. The first kappa shape index (κ1) is 20.3. The summed E-state index contributed by atoms with van der Waals surface area (Å²) >= 11 is 3.48. The van der Waals surface area contributed by atoms with Crippen molar-refractivity contribution in [2.75, 3.05) is 12.0 Å². The quantitative estimate of drug-likeness (QED) is 0.411. The lowest BCUT2D eigenvalue weighted by Crippen LogP contribution is -2.16. The van der Waals surface area contributed by atoms with E-state index in [0.29, 0.717) is 17.9 Å². The third-order valence-corrected chi connectivity index (χ3v) is 4.50. The first-order valence-corrected chi connectivity index (χ1v) is 9.73. The zero-order chi connectivity index (χ0) is 20.6. The minimum atomic E-state index is -0.528. The molecule has 1 heterocycles. The summed E-state index contributed by atoms with van der Waals surface area (Å²) in [6.07, 6.45) is 2.52. The monoisotopic (exact) mass is 451 g/mol. The van der Waals surface area contributed by atoms with Crippen molar-refractivity contribution in [3.63, 3.8) is 0 Å². The average molecular weight is 452 g/mol. The van der Waals surface area contributed by atoms with Crippen molar-refractivity contribution >= 4 is 28.1 Å². The second kappa shape index (κ2) is 9.66. The van der Waals surface area contributed by atoms with Gasteiger partial charge in [0.25, 0.3) is 5.56 Å². The standard InChI is InChI=1S/C21H18BrN5O2/c1-2-10-29-18-9-8-14(11-17(18)22)13-24-27-21-25-19(15-6-4-3-5-7-15)16(12-23)20(28)26-21/h3-9,11,13H,2,10H2,1H3,(H2,25,26,27,28). The van der Waals surface area contributed by atoms with Gasteiger partial charge in [-0.2, -0.15) is 10.4 Å². The summed E-state index contributed by atoms with van der Waals surface area (Å²) < 4.78 is 6.45. The Morgan fingerprint density at radius 2 is 2.10 bits per heavy atom. The number of hydrazone groups is 1. The molecule has 0 radical (unpaired) electrons. The van der Waals surface area contributed by atoms with E-state index >= 15 is 0 Å². The molecule has 2 N–H and O–H groups in total. The third-order valence-electron chi connectivity index (χ3n) is 3.88. The maximum Gasteiger partial charge on any atom is 0.270 e. The van der Waals surface area contributed by atoms with Crippen molar-refractivity contribution in [2.45, 2.75) is 13.3 Å². The number of aromatic nitrogens is 2. The highest BCUT2D eigenvalue weighted by Crippen LogP contribution is 2.25. The number of nitriles is 1. The predicted octanol–water partition coefficient (Wildman–Crippen LogP) is 4.31. The highest BCUT2D eigenvalue weighted by molar-refractivity contribution is 9.10. The van der Waals surface area contributed by atoms with Crippen LogP contribution in [0.2, 0.25) is 0 Å². The van der Waals surface area contributed by atoms with Crippen molar-refractivity contribution in [1.82, 2.24) is 9.97 Å². The fourth-order valence-corrected chi connectivity index (χ4v) is 3.04. The molecule has 0 aliphatic rings. The second-order valence-electron chi connectivity index (χ2n) is 6.02. The van der Waals surface area contributed by atoms with Gasteiger partial charge in [-0.05, 0) is 46.1 Å². The Kier molecular flexibility index (Phi) is 6.76. The fraction of sp³-hybridized carbons (Fsp3) is 0.143. The van der Waals surface area contributed by atoms with Crippen LogP contribution in [0.5, 0.6) is 5.75 Å². The molecule has 0 bridgehead atoms. The van der Waals surface area contributed by atoms with Gasteiger partial charge in [0, 0.05) is 5.56 Å². The zero-order valence-corrected chi connectivity index (χ0v) is 17.2. The highest BCUT2D eigenvalue weighted by Gasteiger charge is 2.12. The van der Waals surface area contributed by atoms with Crippen LogP contribution in [0.15, 0.2) is 62.9 Å². The molecule has 3 rings (SSSR count). The number of hydrogen-bond donors (Lipinski definition) is 2. The minimum absolute atomic E-state index is 0.0441. The first-order valence-electron chi connectivity index (χ1n) is 8.93. The normalized spacial score (nSPS) is 10.7. The zero-order valence-electron chi connectivity index (χ0n) is 15.6. The summed E-state index contributed by atoms with van der Waals surface area (Å²) in [6.45, 7) is 2.69. The number of benzene rings is 2. The first-order chi connectivity index (χ1) is 14.1. The molecule has 0 aliphatic heterocycles. The van der Waals surface area contributed by atoms with Crippen molar-refractivity contribution in [1.29, 1.82) is 5.26 Å². The number of nitrogens with one attached hydrogen (secondary N) is 2. The Morgan fingerprint density at radius 1 is 1.31 bits per heavy atom. The van der Waals surface area contributed by atoms with E-state index in [1.165, 1.54) is 0 Å². The van der Waals surface area contributed by atoms with Crippen LogP contribution >= 0.6 is 15.9 Å². The predicted molar refractivity (Wildman–Crippen MR) is 116 cm³/mol. The lowest BCUT2D eigenvalue weighted by Gasteiger charge is -2.07. The molecule has 0 amide bonds. The lowest BCUT2D eigenvalue weighted by molar-refractivity contribution is 0.315. The molecular formula is C21H18BrN5O2. The summed E-state index contributed by atoms with van der Waals surface area (Å²) in [5, 5.41) is 13.4. The number of H-pyrrole nitrogens is 1. The average Bonchev–Trinajstić information content (AvgIpc) is 2.73. The second-order valence-corrected chi connectivity index (χ2v) is 6.88. The number of rotatable bonds is 7. The maximum atomic E-state index is 12.2. The molecule has 1 aromatic heterocycles. The van der Waals surface area contributed by atoms with Crippen LogP contribution in [0.1, 0.15) is 24.5 Å². The van der Waals surface area contributed by atoms with Crippen molar-refractivity contribution in [2.24, 2.45) is 5.10 Å². The number of aromatic amines is 1. The molecule has 7 nitrogen and oxygen atoms in total. The van der Waals surface area contributed by atoms with E-state index in [4.69, 9.17) is 4.74 Å². The topological polar surface area (TPSA) is 103 Å². The Hall–Kier alpha value is -3.44. The number of hydrogen-bond acceptors (Lipinski definition) is 6. The van der Waals surface area contributed by atoms with Gasteiger partial charge in [-0.3, -0.25) is 9.78 Å². The molecule has 0 unspecified atom stereocenters. The lowest BCUT2D eigenvalue weighted by atomic mass is 10.1. The molecule has 146 valence electrons. The van der Waals surface area contributed by atoms with Gasteiger partial charge >= 0.3 is 0 Å². The van der Waals surface area contributed by atoms with Gasteiger partial charge in [-0.15, -0.1) is 0 Å². The molecule has 8 heteroatoms. The van der Waals surface area contributed by atoms with E-state index < -0.39 is 5.56 Å². The Morgan fingerprint density at radius 3 is 2.79 bits per heavy atom. The third kappa shape index (κ3) is 5.09. The summed E-state index contributed by atoms with van der Waals surface area (Å²) in [5.74, 6) is 0.911. The smallest absolute Gasteiger partial charge is 0.270 e. The van der Waals surface area contributed by atoms with E-state index in [0.717, 1.165) is 22.2 Å². The van der Waals surface area contributed by atoms with Gasteiger partial charge in [0.1, 0.15) is 17.4 Å². The molecule has 0 spiro atoms. The van der Waals surface area contributed by atoms with Crippen LogP contribution < -0.4 is 15.7 Å². The van der Waals surface area contributed by atoms with Crippen LogP contribution in [0.25, 0.3) is 11.3 Å². The molecule has 2 aromatic carbocycles. The number of nitrogens with zero attached hydrogens (tertiary/aromatic N) is 3. The van der Waals surface area contributed by atoms with Crippen LogP contribution in [-0.4, -0.2) is 22.8 Å². The van der Waals surface area contributed by atoms with Crippen LogP contribution in [-0.2, 0) is 0 Å². The fourth-order valence-electron chi connectivity index (χ4n) is 2.53. The summed E-state index contributed by atoms with van der Waals surface area (Å²) in [7, 11) is 0. The molecule has 0 atom stereocenters. The molecule has 0 aliphatic carbocycles. The number of ether oxygens (including phenoxy) is 1. The van der Waals surface area contributed by atoms with E-state index in [1.54, 1.807) is 18.3 Å². The summed E-state index contributed by atoms with van der Waals surface area (Å²) in [5.41, 5.74) is 3.94. The minimum Gasteiger partial charge on any atom is -0.492 e. The van der Waals surface area contributed by atoms with Gasteiger partial charge in [0.05, 0.1) is 23.0 Å². The van der Waals surface area contributed by atoms with E-state index in [9.17, 15) is 10.1 Å². The highest BCUT2D eigenvalue weighted by atomic mass is 79.9. The number of anilines is 1. The van der Waals surface area contributed by atoms with Crippen LogP contribution in [0.3, 0.4) is 0 Å².